The minimum atomic E-state index is -0.520. The molecule has 0 N–H and O–H groups in total. The number of furan rings is 1. The summed E-state index contributed by atoms with van der Waals surface area (Å²) in [6.07, 6.45) is 3.29. The SMILES string of the molecule is O=[N+]([O-])c1ccc(N2[CH]CCCC2)o1. The predicted molar refractivity (Wildman–Crippen MR) is 50.9 cm³/mol. The molecule has 14 heavy (non-hydrogen) atoms. The summed E-state index contributed by atoms with van der Waals surface area (Å²) in [5.74, 6) is 0.371. The van der Waals surface area contributed by atoms with Crippen molar-refractivity contribution in [1.82, 2.24) is 0 Å². The van der Waals surface area contributed by atoms with Crippen LogP contribution in [0.2, 0.25) is 0 Å². The van der Waals surface area contributed by atoms with Gasteiger partial charge in [0.2, 0.25) is 5.88 Å². The van der Waals surface area contributed by atoms with E-state index in [1.165, 1.54) is 12.5 Å². The highest BCUT2D eigenvalue weighted by Crippen LogP contribution is 2.27. The molecule has 2 heterocycles. The van der Waals surface area contributed by atoms with Gasteiger partial charge < -0.3 is 9.32 Å². The van der Waals surface area contributed by atoms with E-state index in [-0.39, 0.29) is 5.88 Å². The first-order chi connectivity index (χ1) is 6.77. The second kappa shape index (κ2) is 3.69. The average molecular weight is 195 g/mol. The van der Waals surface area contributed by atoms with Crippen LogP contribution in [0.3, 0.4) is 0 Å². The van der Waals surface area contributed by atoms with Crippen LogP contribution in [0, 0.1) is 16.7 Å². The van der Waals surface area contributed by atoms with Crippen molar-refractivity contribution in [2.75, 3.05) is 11.4 Å². The van der Waals surface area contributed by atoms with E-state index < -0.39 is 4.92 Å². The minimum absolute atomic E-state index is 0.195. The monoisotopic (exact) mass is 195 g/mol. The number of anilines is 1. The van der Waals surface area contributed by atoms with Crippen molar-refractivity contribution < 1.29 is 9.34 Å². The quantitative estimate of drug-likeness (QED) is 0.536. The molecule has 1 radical (unpaired) electrons. The summed E-state index contributed by atoms with van der Waals surface area (Å²) < 4.78 is 5.08. The van der Waals surface area contributed by atoms with E-state index in [9.17, 15) is 10.1 Å². The molecule has 5 heteroatoms. The van der Waals surface area contributed by atoms with Crippen molar-refractivity contribution in [2.24, 2.45) is 0 Å². The summed E-state index contributed by atoms with van der Waals surface area (Å²) in [6, 6.07) is 3.03. The summed E-state index contributed by atoms with van der Waals surface area (Å²) >= 11 is 0. The van der Waals surface area contributed by atoms with Crippen molar-refractivity contribution in [2.45, 2.75) is 19.3 Å². The van der Waals surface area contributed by atoms with Crippen molar-refractivity contribution >= 4 is 11.8 Å². The van der Waals surface area contributed by atoms with E-state index in [2.05, 4.69) is 0 Å². The van der Waals surface area contributed by atoms with Gasteiger partial charge in [-0.3, -0.25) is 10.1 Å². The fourth-order valence-electron chi connectivity index (χ4n) is 1.54. The van der Waals surface area contributed by atoms with Gasteiger partial charge in [-0.25, -0.2) is 0 Å². The van der Waals surface area contributed by atoms with Crippen LogP contribution in [0.15, 0.2) is 16.5 Å². The molecule has 0 saturated carbocycles. The summed E-state index contributed by atoms with van der Waals surface area (Å²) in [4.78, 5) is 11.8. The van der Waals surface area contributed by atoms with E-state index in [0.29, 0.717) is 5.88 Å². The Labute approximate surface area is 81.5 Å². The molecule has 1 aliphatic rings. The van der Waals surface area contributed by atoms with Crippen LogP contribution in [-0.4, -0.2) is 11.5 Å². The lowest BCUT2D eigenvalue weighted by molar-refractivity contribution is -0.401. The summed E-state index contributed by atoms with van der Waals surface area (Å²) in [7, 11) is 0. The molecule has 0 atom stereocenters. The predicted octanol–water partition coefficient (Wildman–Crippen LogP) is 2.34. The van der Waals surface area contributed by atoms with E-state index in [1.807, 2.05) is 11.4 Å². The Morgan fingerprint density at radius 3 is 2.86 bits per heavy atom. The van der Waals surface area contributed by atoms with Gasteiger partial charge in [-0.15, -0.1) is 0 Å². The van der Waals surface area contributed by atoms with Gasteiger partial charge in [0.1, 0.15) is 4.92 Å². The zero-order chi connectivity index (χ0) is 9.97. The Morgan fingerprint density at radius 2 is 2.29 bits per heavy atom. The topological polar surface area (TPSA) is 59.5 Å². The van der Waals surface area contributed by atoms with Crippen LogP contribution in [0.25, 0.3) is 0 Å². The first-order valence-electron chi connectivity index (χ1n) is 4.61. The van der Waals surface area contributed by atoms with Crippen LogP contribution in [0.5, 0.6) is 0 Å². The van der Waals surface area contributed by atoms with E-state index >= 15 is 0 Å². The third kappa shape index (κ3) is 1.71. The lowest BCUT2D eigenvalue weighted by atomic mass is 10.1. The van der Waals surface area contributed by atoms with E-state index in [0.717, 1.165) is 19.4 Å². The third-order valence-electron chi connectivity index (χ3n) is 2.24. The second-order valence-electron chi connectivity index (χ2n) is 3.24. The van der Waals surface area contributed by atoms with Crippen LogP contribution in [-0.2, 0) is 0 Å². The van der Waals surface area contributed by atoms with Crippen molar-refractivity contribution in [3.05, 3.63) is 28.8 Å². The summed E-state index contributed by atoms with van der Waals surface area (Å²) in [5, 5.41) is 10.4. The van der Waals surface area contributed by atoms with Gasteiger partial charge in [0.15, 0.2) is 0 Å². The fourth-order valence-corrected chi connectivity index (χ4v) is 1.54. The van der Waals surface area contributed by atoms with Gasteiger partial charge in [-0.05, 0) is 19.3 Å². The molecule has 0 unspecified atom stereocenters. The number of nitrogens with zero attached hydrogens (tertiary/aromatic N) is 2. The molecule has 1 aliphatic heterocycles. The van der Waals surface area contributed by atoms with Crippen LogP contribution >= 0.6 is 0 Å². The maximum atomic E-state index is 10.4. The highest BCUT2D eigenvalue weighted by molar-refractivity contribution is 5.42. The molecule has 5 nitrogen and oxygen atoms in total. The number of rotatable bonds is 2. The number of hydrogen-bond donors (Lipinski definition) is 0. The third-order valence-corrected chi connectivity index (χ3v) is 2.24. The van der Waals surface area contributed by atoms with Crippen LogP contribution in [0.4, 0.5) is 11.8 Å². The van der Waals surface area contributed by atoms with Gasteiger partial charge in [0.05, 0.1) is 12.6 Å². The number of hydrogen-bond acceptors (Lipinski definition) is 4. The Bertz CT molecular complexity index is 329. The van der Waals surface area contributed by atoms with Gasteiger partial charge in [-0.2, -0.15) is 0 Å². The normalized spacial score (nSPS) is 17.0. The van der Waals surface area contributed by atoms with Crippen molar-refractivity contribution in [1.29, 1.82) is 0 Å². The van der Waals surface area contributed by atoms with Crippen LogP contribution in [0.1, 0.15) is 19.3 Å². The Morgan fingerprint density at radius 1 is 1.43 bits per heavy atom. The van der Waals surface area contributed by atoms with Crippen molar-refractivity contribution in [3.8, 4) is 0 Å². The highest BCUT2D eigenvalue weighted by Gasteiger charge is 2.18. The molecule has 0 aromatic carbocycles. The highest BCUT2D eigenvalue weighted by atomic mass is 16.6. The van der Waals surface area contributed by atoms with Crippen molar-refractivity contribution in [3.63, 3.8) is 0 Å². The second-order valence-corrected chi connectivity index (χ2v) is 3.24. The average Bonchev–Trinajstić information content (AvgIpc) is 2.68. The van der Waals surface area contributed by atoms with Gasteiger partial charge in [-0.1, -0.05) is 0 Å². The Kier molecular flexibility index (Phi) is 2.39. The largest absolute Gasteiger partial charge is 0.434 e. The number of nitro groups is 1. The smallest absolute Gasteiger partial charge is 0.384 e. The summed E-state index contributed by atoms with van der Waals surface area (Å²) in [5.41, 5.74) is 0. The van der Waals surface area contributed by atoms with Gasteiger partial charge in [0.25, 0.3) is 0 Å². The molecule has 0 spiro atoms. The molecule has 2 rings (SSSR count). The standard InChI is InChI=1S/C9H11N2O3/c12-11(13)9-5-4-8(14-9)10-6-2-1-3-7-10/h4-6H,1-3,7H2. The number of piperidine rings is 1. The maximum Gasteiger partial charge on any atom is 0.434 e. The van der Waals surface area contributed by atoms with Gasteiger partial charge in [0, 0.05) is 12.6 Å². The van der Waals surface area contributed by atoms with E-state index in [1.54, 1.807) is 6.07 Å². The molecular weight excluding hydrogens is 184 g/mol. The molecule has 0 amide bonds. The maximum absolute atomic E-state index is 10.4. The van der Waals surface area contributed by atoms with Gasteiger partial charge >= 0.3 is 5.88 Å². The minimum Gasteiger partial charge on any atom is -0.384 e. The first kappa shape index (κ1) is 9.05. The molecule has 75 valence electrons. The van der Waals surface area contributed by atoms with Crippen LogP contribution < -0.4 is 4.90 Å². The molecule has 0 aliphatic carbocycles. The lowest BCUT2D eigenvalue weighted by Crippen LogP contribution is -2.24. The molecule has 1 aromatic heterocycles. The lowest BCUT2D eigenvalue weighted by Gasteiger charge is -2.24. The zero-order valence-corrected chi connectivity index (χ0v) is 7.68. The zero-order valence-electron chi connectivity index (χ0n) is 7.68. The molecule has 1 saturated heterocycles. The Balaban J connectivity index is 2.11. The fraction of sp³-hybridized carbons (Fsp3) is 0.444. The molecule has 0 bridgehead atoms. The molecule has 1 fully saturated rings. The molecular formula is C9H11N2O3. The van der Waals surface area contributed by atoms with E-state index in [4.69, 9.17) is 4.42 Å². The molecule has 1 aromatic rings. The summed E-state index contributed by atoms with van der Waals surface area (Å²) in [6.45, 7) is 2.90. The first-order valence-corrected chi connectivity index (χ1v) is 4.61. The Hall–Kier alpha value is -1.52.